The minimum atomic E-state index is -1.41. The van der Waals surface area contributed by atoms with Gasteiger partial charge in [0, 0.05) is 49.2 Å². The summed E-state index contributed by atoms with van der Waals surface area (Å²) in [5.41, 5.74) is -0.740. The Morgan fingerprint density at radius 2 is 1.51 bits per heavy atom. The van der Waals surface area contributed by atoms with Crippen LogP contribution in [0.5, 0.6) is 0 Å². The van der Waals surface area contributed by atoms with E-state index in [1.807, 2.05) is 90.5 Å². The van der Waals surface area contributed by atoms with Gasteiger partial charge in [0.2, 0.25) is 17.7 Å². The number of para-hydroxylation sites is 1. The van der Waals surface area contributed by atoms with Gasteiger partial charge in [-0.25, -0.2) is 9.59 Å². The molecule has 14 heteroatoms. The number of nitrogens with zero attached hydrogens (tertiary/aromatic N) is 3. The number of fused-ring (bicyclic) bond motifs is 1. The van der Waals surface area contributed by atoms with Crippen molar-refractivity contribution >= 4 is 46.7 Å². The monoisotopic (exact) mass is 769 g/mol. The number of hydrogen-bond acceptors (Lipinski definition) is 8. The minimum Gasteiger partial charge on any atom is -0.481 e. The van der Waals surface area contributed by atoms with Crippen LogP contribution in [0.3, 0.4) is 0 Å². The molecule has 1 aromatic carbocycles. The molecule has 0 aliphatic carbocycles. The number of esters is 1. The van der Waals surface area contributed by atoms with E-state index in [9.17, 15) is 33.9 Å². The summed E-state index contributed by atoms with van der Waals surface area (Å²) in [5, 5.41) is 15.7. The second kappa shape index (κ2) is 18.2. The van der Waals surface area contributed by atoms with E-state index in [1.54, 1.807) is 40.8 Å². The molecule has 4 amide bonds. The van der Waals surface area contributed by atoms with Gasteiger partial charge in [-0.3, -0.25) is 24.1 Å². The van der Waals surface area contributed by atoms with Crippen LogP contribution in [-0.4, -0.2) is 106 Å². The number of likely N-dealkylation sites (N-methyl/N-ethyl adjacent to an activating group) is 2. The summed E-state index contributed by atoms with van der Waals surface area (Å²) in [5.74, 6) is -4.09. The Bertz CT molecular complexity index is 1760. The van der Waals surface area contributed by atoms with E-state index in [1.165, 1.54) is 23.8 Å². The van der Waals surface area contributed by atoms with Gasteiger partial charge in [-0.05, 0) is 57.6 Å². The van der Waals surface area contributed by atoms with Crippen molar-refractivity contribution in [3.8, 4) is 0 Å². The first-order valence-corrected chi connectivity index (χ1v) is 18.6. The number of ether oxygens (including phenoxy) is 2. The van der Waals surface area contributed by atoms with E-state index in [4.69, 9.17) is 9.47 Å². The molecule has 14 nitrogen and oxygen atoms in total. The first kappa shape index (κ1) is 46.3. The molecule has 55 heavy (non-hydrogen) atoms. The first-order chi connectivity index (χ1) is 25.1. The second-order valence-electron chi connectivity index (χ2n) is 17.1. The maximum Gasteiger partial charge on any atom is 0.410 e. The summed E-state index contributed by atoms with van der Waals surface area (Å²) >= 11 is 0. The molecule has 0 bridgehead atoms. The van der Waals surface area contributed by atoms with Crippen molar-refractivity contribution in [3.05, 3.63) is 47.7 Å². The smallest absolute Gasteiger partial charge is 0.410 e. The van der Waals surface area contributed by atoms with Crippen molar-refractivity contribution in [3.63, 3.8) is 0 Å². The molecule has 1 aromatic heterocycles. The summed E-state index contributed by atoms with van der Waals surface area (Å²) in [6.45, 7) is 21.3. The average Bonchev–Trinajstić information content (AvgIpc) is 3.40. The van der Waals surface area contributed by atoms with Gasteiger partial charge >= 0.3 is 18.0 Å². The van der Waals surface area contributed by atoms with Crippen molar-refractivity contribution in [2.24, 2.45) is 18.4 Å². The van der Waals surface area contributed by atoms with E-state index >= 15 is 0 Å². The summed E-state index contributed by atoms with van der Waals surface area (Å²) in [4.78, 5) is 82.7. The topological polar surface area (TPSA) is 177 Å². The maximum absolute atomic E-state index is 14.8. The molecule has 0 spiro atoms. The third kappa shape index (κ3) is 11.8. The van der Waals surface area contributed by atoms with E-state index < -0.39 is 82.8 Å². The highest BCUT2D eigenvalue weighted by Gasteiger charge is 2.47. The number of aromatic nitrogens is 1. The number of carbonyl (C=O) groups is 6. The molecule has 0 aliphatic heterocycles. The maximum atomic E-state index is 14.8. The zero-order chi connectivity index (χ0) is 42.4. The lowest BCUT2D eigenvalue weighted by Crippen LogP contribution is -2.63. The fourth-order valence-electron chi connectivity index (χ4n) is 6.62. The van der Waals surface area contributed by atoms with Gasteiger partial charge in [0.15, 0.2) is 0 Å². The van der Waals surface area contributed by atoms with Crippen LogP contribution in [0, 0.1) is 11.3 Å². The Kier molecular flexibility index (Phi) is 15.3. The summed E-state index contributed by atoms with van der Waals surface area (Å²) in [7, 11) is 5.01. The average molecular weight is 770 g/mol. The van der Waals surface area contributed by atoms with Crippen molar-refractivity contribution in [1.29, 1.82) is 0 Å². The predicted molar refractivity (Wildman–Crippen MR) is 211 cm³/mol. The minimum absolute atomic E-state index is 0.00611. The lowest BCUT2D eigenvalue weighted by atomic mass is 9.76. The van der Waals surface area contributed by atoms with Crippen LogP contribution in [0.4, 0.5) is 4.79 Å². The van der Waals surface area contributed by atoms with Gasteiger partial charge in [0.1, 0.15) is 23.7 Å². The van der Waals surface area contributed by atoms with Gasteiger partial charge in [0.05, 0.1) is 19.1 Å². The van der Waals surface area contributed by atoms with Crippen LogP contribution in [0.15, 0.2) is 42.1 Å². The van der Waals surface area contributed by atoms with Crippen LogP contribution < -0.4 is 10.6 Å². The van der Waals surface area contributed by atoms with Gasteiger partial charge in [0.25, 0.3) is 0 Å². The molecular weight excluding hydrogens is 706 g/mol. The largest absolute Gasteiger partial charge is 0.481 e. The Labute approximate surface area is 325 Å². The third-order valence-corrected chi connectivity index (χ3v) is 9.50. The number of rotatable bonds is 15. The number of aryl methyl sites for hydroxylation is 1. The highest BCUT2D eigenvalue weighted by molar-refractivity contribution is 5.97. The number of amides is 4. The molecule has 0 radical (unpaired) electrons. The Morgan fingerprint density at radius 3 is 2.02 bits per heavy atom. The molecule has 2 aromatic rings. The quantitative estimate of drug-likeness (QED) is 0.163. The van der Waals surface area contributed by atoms with Gasteiger partial charge < -0.3 is 34.7 Å². The van der Waals surface area contributed by atoms with Crippen LogP contribution >= 0.6 is 0 Å². The summed E-state index contributed by atoms with van der Waals surface area (Å²) < 4.78 is 12.6. The number of hydrogen-bond donors (Lipinski definition) is 3. The number of carbonyl (C=O) groups excluding carboxylic acids is 5. The lowest BCUT2D eigenvalue weighted by molar-refractivity contribution is -0.151. The van der Waals surface area contributed by atoms with Gasteiger partial charge in [-0.2, -0.15) is 0 Å². The lowest BCUT2D eigenvalue weighted by Gasteiger charge is -2.42. The number of nitrogens with one attached hydrogen (secondary N) is 2. The molecule has 0 saturated carbocycles. The van der Waals surface area contributed by atoms with Crippen molar-refractivity contribution in [2.75, 3.05) is 20.7 Å². The van der Waals surface area contributed by atoms with Crippen molar-refractivity contribution < 1.29 is 43.3 Å². The van der Waals surface area contributed by atoms with Crippen LogP contribution in [0.2, 0.25) is 0 Å². The van der Waals surface area contributed by atoms with Crippen LogP contribution in [0.25, 0.3) is 10.9 Å². The molecule has 0 aliphatic rings. The van der Waals surface area contributed by atoms with Crippen LogP contribution in [-0.2, 0) is 45.9 Å². The second-order valence-corrected chi connectivity index (χ2v) is 17.1. The Morgan fingerprint density at radius 1 is 0.927 bits per heavy atom. The molecule has 0 unspecified atom stereocenters. The number of carboxylic acid groups (broad SMARTS) is 1. The molecule has 0 saturated heterocycles. The molecule has 4 atom stereocenters. The number of benzene rings is 1. The highest BCUT2D eigenvalue weighted by Crippen LogP contribution is 2.37. The molecular formula is C41H63N5O9. The molecule has 1 heterocycles. The molecule has 2 rings (SSSR count). The normalized spacial score (nSPS) is 14.7. The fourth-order valence-corrected chi connectivity index (χ4v) is 6.62. The SMILES string of the molecule is CCOC(=O)[C@H](CC(=O)O)NC(=O)/C(C)=C/[C@H](C(C)C)N(C)C(=O)[C@@H](NC(=O)[C@@H](N(C)C(=O)OC(C)(C)C)C(C)(C)c1cn(C)c2ccccc12)C(C)(C)C. The highest BCUT2D eigenvalue weighted by atomic mass is 16.6. The standard InChI is InChI=1S/C41H63N5O9/c1-16-54-37(52)28(22-31(47)48)42-34(49)25(4)21-30(24(2)3)45(14)36(51)32(39(5,6)7)43-35(50)33(46(15)38(53)55-40(8,9)10)41(11,12)27-23-44(13)29-20-18-17-19-26(27)29/h17-21,23-24,28,30,32-33H,16,22H2,1-15H3,(H,42,49)(H,43,50)(H,47,48)/b25-21+/t28-,30+,32+,33+/m0/s1. The van der Waals surface area contributed by atoms with Gasteiger partial charge in [-0.15, -0.1) is 0 Å². The fraction of sp³-hybridized carbons (Fsp3) is 0.610. The van der Waals surface area contributed by atoms with Crippen molar-refractivity contribution in [1.82, 2.24) is 25.0 Å². The molecule has 0 fully saturated rings. The van der Waals surface area contributed by atoms with Crippen LogP contribution in [0.1, 0.15) is 95.1 Å². The summed E-state index contributed by atoms with van der Waals surface area (Å²) in [6, 6.07) is 3.50. The molecule has 306 valence electrons. The van der Waals surface area contributed by atoms with E-state index in [0.717, 1.165) is 16.5 Å². The van der Waals surface area contributed by atoms with E-state index in [0.29, 0.717) is 0 Å². The van der Waals surface area contributed by atoms with E-state index in [2.05, 4.69) is 10.6 Å². The molecule has 3 N–H and O–H groups in total. The predicted octanol–water partition coefficient (Wildman–Crippen LogP) is 5.17. The van der Waals surface area contributed by atoms with Gasteiger partial charge in [-0.1, -0.05) is 72.7 Å². The summed E-state index contributed by atoms with van der Waals surface area (Å²) in [6.07, 6.45) is 2.15. The zero-order valence-corrected chi connectivity index (χ0v) is 35.3. The van der Waals surface area contributed by atoms with E-state index in [-0.39, 0.29) is 18.1 Å². The zero-order valence-electron chi connectivity index (χ0n) is 35.3. The Hall–Kier alpha value is -4.88. The van der Waals surface area contributed by atoms with Crippen molar-refractivity contribution in [2.45, 2.75) is 125 Å². The third-order valence-electron chi connectivity index (χ3n) is 9.50. The Balaban J connectivity index is 2.58. The number of carboxylic acids is 1. The first-order valence-electron chi connectivity index (χ1n) is 18.6. The number of aliphatic carboxylic acids is 1.